The Balaban J connectivity index is 2.25. The summed E-state index contributed by atoms with van der Waals surface area (Å²) in [4.78, 5) is 11.7. The zero-order chi connectivity index (χ0) is 13.6. The standard InChI is InChI=1S/C12H22N2O3S/c1-18(16,17)8-7-11(13)12(15)14-9-10-5-3-2-4-6-10/h2-3,10-11H,4-9,13H2,1H3,(H,14,15). The summed E-state index contributed by atoms with van der Waals surface area (Å²) >= 11 is 0. The summed E-state index contributed by atoms with van der Waals surface area (Å²) in [6.07, 6.45) is 8.72. The first-order valence-electron chi connectivity index (χ1n) is 6.24. The van der Waals surface area contributed by atoms with E-state index in [2.05, 4.69) is 17.5 Å². The lowest BCUT2D eigenvalue weighted by atomic mass is 9.94. The van der Waals surface area contributed by atoms with Crippen molar-refractivity contribution in [3.63, 3.8) is 0 Å². The Labute approximate surface area is 109 Å². The predicted octanol–water partition coefficient (Wildman–Crippen LogP) is 0.221. The molecule has 0 heterocycles. The van der Waals surface area contributed by atoms with Crippen molar-refractivity contribution in [2.24, 2.45) is 11.7 Å². The highest BCUT2D eigenvalue weighted by atomic mass is 32.2. The summed E-state index contributed by atoms with van der Waals surface area (Å²) in [5.74, 6) is 0.169. The molecular weight excluding hydrogens is 252 g/mol. The molecule has 1 aliphatic carbocycles. The van der Waals surface area contributed by atoms with Gasteiger partial charge in [0.15, 0.2) is 0 Å². The van der Waals surface area contributed by atoms with Crippen LogP contribution in [0.2, 0.25) is 0 Å². The zero-order valence-electron chi connectivity index (χ0n) is 10.8. The van der Waals surface area contributed by atoms with Gasteiger partial charge in [0, 0.05) is 12.8 Å². The number of amides is 1. The van der Waals surface area contributed by atoms with Gasteiger partial charge in [0.1, 0.15) is 9.84 Å². The molecular formula is C12H22N2O3S. The fraction of sp³-hybridized carbons (Fsp3) is 0.750. The van der Waals surface area contributed by atoms with E-state index >= 15 is 0 Å². The lowest BCUT2D eigenvalue weighted by Gasteiger charge is -2.19. The maximum absolute atomic E-state index is 11.7. The first-order chi connectivity index (χ1) is 8.38. The lowest BCUT2D eigenvalue weighted by Crippen LogP contribution is -2.43. The van der Waals surface area contributed by atoms with Gasteiger partial charge in [-0.05, 0) is 31.6 Å². The molecule has 0 aromatic heterocycles. The second kappa shape index (κ2) is 6.89. The van der Waals surface area contributed by atoms with Gasteiger partial charge in [0.2, 0.25) is 5.91 Å². The number of hydrogen-bond donors (Lipinski definition) is 2. The maximum atomic E-state index is 11.7. The smallest absolute Gasteiger partial charge is 0.236 e. The highest BCUT2D eigenvalue weighted by Crippen LogP contribution is 2.16. The van der Waals surface area contributed by atoms with Crippen molar-refractivity contribution in [1.29, 1.82) is 0 Å². The Hall–Kier alpha value is -0.880. The third-order valence-electron chi connectivity index (χ3n) is 3.08. The number of nitrogens with one attached hydrogen (secondary N) is 1. The minimum Gasteiger partial charge on any atom is -0.354 e. The van der Waals surface area contributed by atoms with E-state index in [1.807, 2.05) is 0 Å². The van der Waals surface area contributed by atoms with E-state index in [4.69, 9.17) is 5.73 Å². The van der Waals surface area contributed by atoms with E-state index in [1.165, 1.54) is 0 Å². The van der Waals surface area contributed by atoms with Crippen LogP contribution in [0.15, 0.2) is 12.2 Å². The fourth-order valence-corrected chi connectivity index (χ4v) is 2.57. The van der Waals surface area contributed by atoms with Crippen LogP contribution in [-0.2, 0) is 14.6 Å². The molecule has 0 radical (unpaired) electrons. The van der Waals surface area contributed by atoms with Crippen LogP contribution in [0.25, 0.3) is 0 Å². The van der Waals surface area contributed by atoms with E-state index in [-0.39, 0.29) is 18.1 Å². The third-order valence-corrected chi connectivity index (χ3v) is 4.06. The third kappa shape index (κ3) is 6.16. The van der Waals surface area contributed by atoms with Gasteiger partial charge in [-0.1, -0.05) is 12.2 Å². The van der Waals surface area contributed by atoms with Crippen molar-refractivity contribution in [1.82, 2.24) is 5.32 Å². The SMILES string of the molecule is CS(=O)(=O)CCC(N)C(=O)NCC1CC=CCC1. The summed E-state index contributed by atoms with van der Waals surface area (Å²) in [6.45, 7) is 0.621. The first kappa shape index (κ1) is 15.2. The largest absolute Gasteiger partial charge is 0.354 e. The van der Waals surface area contributed by atoms with Crippen molar-refractivity contribution in [3.05, 3.63) is 12.2 Å². The van der Waals surface area contributed by atoms with Crippen molar-refractivity contribution in [3.8, 4) is 0 Å². The Bertz CT molecular complexity index is 404. The predicted molar refractivity (Wildman–Crippen MR) is 71.8 cm³/mol. The molecule has 0 aromatic rings. The molecule has 0 aromatic carbocycles. The van der Waals surface area contributed by atoms with E-state index in [0.717, 1.165) is 25.5 Å². The molecule has 0 saturated heterocycles. The molecule has 2 atom stereocenters. The van der Waals surface area contributed by atoms with Gasteiger partial charge in [0.05, 0.1) is 11.8 Å². The Morgan fingerprint density at radius 2 is 2.22 bits per heavy atom. The summed E-state index contributed by atoms with van der Waals surface area (Å²) < 4.78 is 21.9. The van der Waals surface area contributed by atoms with Gasteiger partial charge < -0.3 is 11.1 Å². The Morgan fingerprint density at radius 3 is 2.78 bits per heavy atom. The molecule has 104 valence electrons. The average Bonchev–Trinajstić information content (AvgIpc) is 2.33. The molecule has 3 N–H and O–H groups in total. The zero-order valence-corrected chi connectivity index (χ0v) is 11.6. The van der Waals surface area contributed by atoms with E-state index < -0.39 is 15.9 Å². The minimum absolute atomic E-state index is 0.0479. The van der Waals surface area contributed by atoms with Gasteiger partial charge in [-0.2, -0.15) is 0 Å². The number of nitrogens with two attached hydrogens (primary N) is 1. The van der Waals surface area contributed by atoms with Crippen LogP contribution >= 0.6 is 0 Å². The molecule has 0 saturated carbocycles. The van der Waals surface area contributed by atoms with Gasteiger partial charge >= 0.3 is 0 Å². The summed E-state index contributed by atoms with van der Waals surface area (Å²) in [5.41, 5.74) is 5.65. The van der Waals surface area contributed by atoms with Gasteiger partial charge in [-0.15, -0.1) is 0 Å². The second-order valence-electron chi connectivity index (χ2n) is 4.92. The molecule has 1 amide bonds. The Kier molecular flexibility index (Phi) is 5.81. The second-order valence-corrected chi connectivity index (χ2v) is 7.18. The van der Waals surface area contributed by atoms with E-state index in [1.54, 1.807) is 0 Å². The summed E-state index contributed by atoms with van der Waals surface area (Å²) in [7, 11) is -3.06. The fourth-order valence-electron chi connectivity index (χ4n) is 1.89. The summed E-state index contributed by atoms with van der Waals surface area (Å²) in [5, 5.41) is 2.80. The summed E-state index contributed by atoms with van der Waals surface area (Å²) in [6, 6.07) is -0.737. The number of carbonyl (C=O) groups is 1. The molecule has 1 rings (SSSR count). The number of hydrogen-bond acceptors (Lipinski definition) is 4. The van der Waals surface area contributed by atoms with E-state index in [9.17, 15) is 13.2 Å². The molecule has 18 heavy (non-hydrogen) atoms. The van der Waals surface area contributed by atoms with Gasteiger partial charge in [0.25, 0.3) is 0 Å². The molecule has 0 bridgehead atoms. The number of carbonyl (C=O) groups excluding carboxylic acids is 1. The average molecular weight is 274 g/mol. The quantitative estimate of drug-likeness (QED) is 0.678. The molecule has 0 spiro atoms. The highest BCUT2D eigenvalue weighted by molar-refractivity contribution is 7.90. The Morgan fingerprint density at radius 1 is 1.50 bits per heavy atom. The molecule has 2 unspecified atom stereocenters. The molecule has 6 heteroatoms. The van der Waals surface area contributed by atoms with Crippen LogP contribution in [0, 0.1) is 5.92 Å². The van der Waals surface area contributed by atoms with Crippen LogP contribution in [-0.4, -0.2) is 38.9 Å². The minimum atomic E-state index is -3.06. The first-order valence-corrected chi connectivity index (χ1v) is 8.30. The number of allylic oxidation sites excluding steroid dienone is 2. The van der Waals surface area contributed by atoms with Crippen LogP contribution < -0.4 is 11.1 Å². The van der Waals surface area contributed by atoms with Crippen LogP contribution in [0.4, 0.5) is 0 Å². The normalized spacial score (nSPS) is 21.6. The monoisotopic (exact) mass is 274 g/mol. The van der Waals surface area contributed by atoms with Crippen molar-refractivity contribution < 1.29 is 13.2 Å². The maximum Gasteiger partial charge on any atom is 0.236 e. The van der Waals surface area contributed by atoms with Crippen LogP contribution in [0.1, 0.15) is 25.7 Å². The molecule has 1 aliphatic rings. The number of rotatable bonds is 6. The van der Waals surface area contributed by atoms with E-state index in [0.29, 0.717) is 12.5 Å². The van der Waals surface area contributed by atoms with Gasteiger partial charge in [-0.3, -0.25) is 4.79 Å². The van der Waals surface area contributed by atoms with Crippen molar-refractivity contribution in [2.45, 2.75) is 31.7 Å². The van der Waals surface area contributed by atoms with Crippen LogP contribution in [0.5, 0.6) is 0 Å². The van der Waals surface area contributed by atoms with Crippen molar-refractivity contribution in [2.75, 3.05) is 18.6 Å². The molecule has 0 aliphatic heterocycles. The highest BCUT2D eigenvalue weighted by Gasteiger charge is 2.17. The topological polar surface area (TPSA) is 89.3 Å². The molecule has 0 fully saturated rings. The molecule has 5 nitrogen and oxygen atoms in total. The lowest BCUT2D eigenvalue weighted by molar-refractivity contribution is -0.122. The number of sulfone groups is 1. The van der Waals surface area contributed by atoms with Gasteiger partial charge in [-0.25, -0.2) is 8.42 Å². The van der Waals surface area contributed by atoms with Crippen LogP contribution in [0.3, 0.4) is 0 Å². The van der Waals surface area contributed by atoms with Crippen molar-refractivity contribution >= 4 is 15.7 Å².